The molecule has 2 heterocycles. The summed E-state index contributed by atoms with van der Waals surface area (Å²) in [6, 6.07) is 11.8. The van der Waals surface area contributed by atoms with E-state index in [0.29, 0.717) is 10.7 Å². The van der Waals surface area contributed by atoms with Crippen molar-refractivity contribution in [3.8, 4) is 10.4 Å². The Balaban J connectivity index is 1.83. The van der Waals surface area contributed by atoms with Gasteiger partial charge in [0.2, 0.25) is 0 Å². The first kappa shape index (κ1) is 17.8. The molecule has 1 aromatic carbocycles. The number of nitrogens with zero attached hydrogens (tertiary/aromatic N) is 2. The average molecular weight is 376 g/mol. The topological polar surface area (TPSA) is 44.8 Å². The van der Waals surface area contributed by atoms with E-state index >= 15 is 0 Å². The van der Waals surface area contributed by atoms with Crippen molar-refractivity contribution in [2.24, 2.45) is 0 Å². The highest BCUT2D eigenvalue weighted by Gasteiger charge is 2.21. The number of thiocarbonyl (C=S) groups is 1. The molecule has 3 rings (SSSR count). The number of likely N-dealkylation sites (N-methyl/N-ethyl adjacent to an activating group) is 1. The van der Waals surface area contributed by atoms with Crippen LogP contribution in [-0.2, 0) is 4.74 Å². The van der Waals surface area contributed by atoms with Crippen molar-refractivity contribution in [1.29, 1.82) is 0 Å². The maximum absolute atomic E-state index is 12.2. The molecule has 0 saturated carbocycles. The molecule has 0 unspecified atom stereocenters. The molecule has 7 heteroatoms. The van der Waals surface area contributed by atoms with Gasteiger partial charge >= 0.3 is 5.97 Å². The zero-order valence-corrected chi connectivity index (χ0v) is 16.0. The van der Waals surface area contributed by atoms with E-state index in [-0.39, 0.29) is 5.97 Å². The Hall–Kier alpha value is -1.96. The van der Waals surface area contributed by atoms with Crippen LogP contribution in [0, 0.1) is 0 Å². The number of carbonyl (C=O) groups excluding carboxylic acids is 1. The number of rotatable bonds is 3. The number of nitrogens with one attached hydrogen (secondary N) is 1. The monoisotopic (exact) mass is 375 g/mol. The Morgan fingerprint density at radius 2 is 1.88 bits per heavy atom. The van der Waals surface area contributed by atoms with Gasteiger partial charge < -0.3 is 19.9 Å². The van der Waals surface area contributed by atoms with E-state index in [2.05, 4.69) is 22.2 Å². The van der Waals surface area contributed by atoms with Crippen LogP contribution in [-0.4, -0.2) is 61.2 Å². The maximum atomic E-state index is 12.2. The molecule has 1 N–H and O–H groups in total. The van der Waals surface area contributed by atoms with Gasteiger partial charge in [-0.25, -0.2) is 4.79 Å². The second-order valence-corrected chi connectivity index (χ2v) is 7.37. The van der Waals surface area contributed by atoms with E-state index < -0.39 is 0 Å². The SMILES string of the molecule is COC(=O)c1cc(-c2ccccc2)sc1NC(=S)N1CCN(C)CC1. The van der Waals surface area contributed by atoms with E-state index in [4.69, 9.17) is 17.0 Å². The van der Waals surface area contributed by atoms with Crippen LogP contribution in [0.4, 0.5) is 5.00 Å². The Morgan fingerprint density at radius 1 is 1.20 bits per heavy atom. The number of hydrogen-bond acceptors (Lipinski definition) is 5. The predicted molar refractivity (Wildman–Crippen MR) is 106 cm³/mol. The molecule has 0 atom stereocenters. The quantitative estimate of drug-likeness (QED) is 0.657. The third-order valence-corrected chi connectivity index (χ3v) is 5.67. The summed E-state index contributed by atoms with van der Waals surface area (Å²) < 4.78 is 4.93. The first-order valence-electron chi connectivity index (χ1n) is 8.10. The minimum Gasteiger partial charge on any atom is -0.465 e. The third kappa shape index (κ3) is 4.18. The van der Waals surface area contributed by atoms with Gasteiger partial charge in [0.05, 0.1) is 12.7 Å². The highest BCUT2D eigenvalue weighted by molar-refractivity contribution is 7.80. The average Bonchev–Trinajstić information content (AvgIpc) is 3.06. The lowest BCUT2D eigenvalue weighted by Gasteiger charge is -2.34. The van der Waals surface area contributed by atoms with Crippen molar-refractivity contribution in [2.45, 2.75) is 0 Å². The van der Waals surface area contributed by atoms with Crippen molar-refractivity contribution >= 4 is 39.6 Å². The number of hydrogen-bond donors (Lipinski definition) is 1. The van der Waals surface area contributed by atoms with E-state index in [1.807, 2.05) is 36.4 Å². The van der Waals surface area contributed by atoms with Gasteiger partial charge in [0.1, 0.15) is 5.00 Å². The normalized spacial score (nSPS) is 15.0. The van der Waals surface area contributed by atoms with Crippen LogP contribution in [0.15, 0.2) is 36.4 Å². The Kier molecular flexibility index (Phi) is 5.67. The number of piperazine rings is 1. The van der Waals surface area contributed by atoms with Crippen molar-refractivity contribution in [2.75, 3.05) is 45.7 Å². The summed E-state index contributed by atoms with van der Waals surface area (Å²) >= 11 is 7.07. The number of methoxy groups -OCH3 is 1. The van der Waals surface area contributed by atoms with Crippen molar-refractivity contribution in [3.63, 3.8) is 0 Å². The molecule has 0 aliphatic carbocycles. The fourth-order valence-electron chi connectivity index (χ4n) is 2.68. The molecule has 1 fully saturated rings. The van der Waals surface area contributed by atoms with Crippen molar-refractivity contribution in [3.05, 3.63) is 42.0 Å². The lowest BCUT2D eigenvalue weighted by molar-refractivity contribution is 0.0602. The zero-order valence-electron chi connectivity index (χ0n) is 14.3. The van der Waals surface area contributed by atoms with Gasteiger partial charge in [-0.1, -0.05) is 30.3 Å². The molecule has 0 spiro atoms. The molecule has 0 radical (unpaired) electrons. The molecule has 132 valence electrons. The highest BCUT2D eigenvalue weighted by atomic mass is 32.1. The van der Waals surface area contributed by atoms with E-state index in [9.17, 15) is 4.79 Å². The van der Waals surface area contributed by atoms with Crippen LogP contribution in [0.2, 0.25) is 0 Å². The third-order valence-electron chi connectivity index (χ3n) is 4.21. The van der Waals surface area contributed by atoms with Crippen molar-refractivity contribution in [1.82, 2.24) is 9.80 Å². The number of esters is 1. The Morgan fingerprint density at radius 3 is 2.52 bits per heavy atom. The van der Waals surface area contributed by atoms with Gasteiger partial charge in [-0.05, 0) is 30.9 Å². The lowest BCUT2D eigenvalue weighted by Crippen LogP contribution is -2.48. The van der Waals surface area contributed by atoms with E-state index in [0.717, 1.165) is 41.6 Å². The first-order chi connectivity index (χ1) is 12.1. The largest absolute Gasteiger partial charge is 0.465 e. The Labute approximate surface area is 157 Å². The number of ether oxygens (including phenoxy) is 1. The molecule has 2 aromatic rings. The lowest BCUT2D eigenvalue weighted by atomic mass is 10.1. The standard InChI is InChI=1S/C18H21N3O2S2/c1-20-8-10-21(11-9-20)18(24)19-16-14(17(22)23-2)12-15(25-16)13-6-4-3-5-7-13/h3-7,12H,8-11H2,1-2H3,(H,19,24). The summed E-state index contributed by atoms with van der Waals surface area (Å²) in [6.07, 6.45) is 0. The van der Waals surface area contributed by atoms with Gasteiger partial charge in [-0.3, -0.25) is 0 Å². The molecule has 1 aliphatic heterocycles. The molecule has 1 aliphatic rings. The van der Waals surface area contributed by atoms with Gasteiger partial charge in [-0.2, -0.15) is 0 Å². The number of benzene rings is 1. The second kappa shape index (κ2) is 7.95. The van der Waals surface area contributed by atoms with E-state index in [1.165, 1.54) is 18.4 Å². The fourth-order valence-corrected chi connectivity index (χ4v) is 4.08. The van der Waals surface area contributed by atoms with Crippen LogP contribution in [0.3, 0.4) is 0 Å². The van der Waals surface area contributed by atoms with E-state index in [1.54, 1.807) is 0 Å². The van der Waals surface area contributed by atoms with Crippen LogP contribution < -0.4 is 5.32 Å². The maximum Gasteiger partial charge on any atom is 0.340 e. The smallest absolute Gasteiger partial charge is 0.340 e. The molecule has 1 aromatic heterocycles. The summed E-state index contributed by atoms with van der Waals surface area (Å²) in [5, 5.41) is 4.64. The summed E-state index contributed by atoms with van der Waals surface area (Å²) in [5.41, 5.74) is 1.58. The Bertz CT molecular complexity index is 753. The first-order valence-corrected chi connectivity index (χ1v) is 9.33. The summed E-state index contributed by atoms with van der Waals surface area (Å²) in [7, 11) is 3.50. The zero-order chi connectivity index (χ0) is 17.8. The van der Waals surface area contributed by atoms with Gasteiger partial charge in [0.15, 0.2) is 5.11 Å². The summed E-state index contributed by atoms with van der Waals surface area (Å²) in [5.74, 6) is -0.359. The van der Waals surface area contributed by atoms with Gasteiger partial charge in [0, 0.05) is 31.1 Å². The molecule has 5 nitrogen and oxygen atoms in total. The fraction of sp³-hybridized carbons (Fsp3) is 0.333. The number of anilines is 1. The molecular formula is C18H21N3O2S2. The molecule has 1 saturated heterocycles. The number of carbonyl (C=O) groups is 1. The predicted octanol–water partition coefficient (Wildman–Crippen LogP) is 3.15. The minimum atomic E-state index is -0.359. The molecular weight excluding hydrogens is 354 g/mol. The highest BCUT2D eigenvalue weighted by Crippen LogP contribution is 2.36. The molecule has 0 amide bonds. The molecule has 0 bridgehead atoms. The van der Waals surface area contributed by atoms with Crippen LogP contribution >= 0.6 is 23.6 Å². The summed E-state index contributed by atoms with van der Waals surface area (Å²) in [4.78, 5) is 17.6. The van der Waals surface area contributed by atoms with Gasteiger partial charge in [-0.15, -0.1) is 11.3 Å². The second-order valence-electron chi connectivity index (χ2n) is 5.93. The van der Waals surface area contributed by atoms with Gasteiger partial charge in [0.25, 0.3) is 0 Å². The van der Waals surface area contributed by atoms with Crippen molar-refractivity contribution < 1.29 is 9.53 Å². The van der Waals surface area contributed by atoms with Crippen LogP contribution in [0.5, 0.6) is 0 Å². The minimum absolute atomic E-state index is 0.359. The molecule has 25 heavy (non-hydrogen) atoms. The number of thiophene rings is 1. The van der Waals surface area contributed by atoms with Crippen LogP contribution in [0.1, 0.15) is 10.4 Å². The van der Waals surface area contributed by atoms with Crippen LogP contribution in [0.25, 0.3) is 10.4 Å². The summed E-state index contributed by atoms with van der Waals surface area (Å²) in [6.45, 7) is 3.72.